The van der Waals surface area contributed by atoms with Crippen LogP contribution in [0.5, 0.6) is 0 Å². The van der Waals surface area contributed by atoms with Crippen LogP contribution in [0.1, 0.15) is 32.4 Å². The van der Waals surface area contributed by atoms with Crippen LogP contribution in [0.2, 0.25) is 0 Å². The first kappa shape index (κ1) is 11.1. The lowest BCUT2D eigenvalue weighted by molar-refractivity contribution is 0.405. The molecule has 1 rings (SSSR count). The maximum Gasteiger partial charge on any atom is 0.146 e. The second-order valence-corrected chi connectivity index (χ2v) is 3.68. The Bertz CT molecular complexity index is 286. The zero-order valence-electron chi connectivity index (χ0n) is 8.92. The number of halogens is 1. The van der Waals surface area contributed by atoms with Gasteiger partial charge < -0.3 is 5.32 Å². The van der Waals surface area contributed by atoms with Crippen molar-refractivity contribution in [3.05, 3.63) is 29.8 Å². The molecule has 1 N–H and O–H groups in total. The van der Waals surface area contributed by atoms with Crippen LogP contribution in [0.25, 0.3) is 0 Å². The highest BCUT2D eigenvalue weighted by molar-refractivity contribution is 5.17. The predicted octanol–water partition coefficient (Wildman–Crippen LogP) is 2.53. The van der Waals surface area contributed by atoms with Gasteiger partial charge in [0.15, 0.2) is 0 Å². The molecule has 1 aromatic rings. The van der Waals surface area contributed by atoms with E-state index in [0.717, 1.165) is 6.54 Å². The highest BCUT2D eigenvalue weighted by atomic mass is 19.1. The van der Waals surface area contributed by atoms with Crippen LogP contribution in [-0.4, -0.2) is 11.5 Å². The molecule has 3 heteroatoms. The molecule has 2 nitrogen and oxygen atoms in total. The fraction of sp³-hybridized carbons (Fsp3) is 0.545. The smallest absolute Gasteiger partial charge is 0.146 e. The van der Waals surface area contributed by atoms with Gasteiger partial charge in [-0.15, -0.1) is 0 Å². The second-order valence-electron chi connectivity index (χ2n) is 3.68. The second kappa shape index (κ2) is 5.05. The third-order valence-corrected chi connectivity index (χ3v) is 2.23. The highest BCUT2D eigenvalue weighted by Gasteiger charge is 2.17. The van der Waals surface area contributed by atoms with Gasteiger partial charge in [-0.2, -0.15) is 0 Å². The van der Waals surface area contributed by atoms with Crippen LogP contribution < -0.4 is 5.32 Å². The molecule has 0 bridgehead atoms. The van der Waals surface area contributed by atoms with Crippen molar-refractivity contribution >= 4 is 0 Å². The molecular weight excluding hydrogens is 179 g/mol. The van der Waals surface area contributed by atoms with E-state index in [9.17, 15) is 4.39 Å². The third kappa shape index (κ3) is 2.51. The van der Waals surface area contributed by atoms with Crippen LogP contribution in [-0.2, 0) is 0 Å². The van der Waals surface area contributed by atoms with Crippen molar-refractivity contribution in [2.45, 2.75) is 26.8 Å². The lowest BCUT2D eigenvalue weighted by Crippen LogP contribution is -2.26. The first-order valence-electron chi connectivity index (χ1n) is 4.99. The lowest BCUT2D eigenvalue weighted by Gasteiger charge is -2.22. The molecule has 0 aliphatic rings. The van der Waals surface area contributed by atoms with Gasteiger partial charge in [-0.05, 0) is 18.5 Å². The summed E-state index contributed by atoms with van der Waals surface area (Å²) >= 11 is 0. The molecule has 1 heterocycles. The van der Waals surface area contributed by atoms with Gasteiger partial charge >= 0.3 is 0 Å². The summed E-state index contributed by atoms with van der Waals surface area (Å²) in [5.41, 5.74) is 0.705. The van der Waals surface area contributed by atoms with E-state index in [4.69, 9.17) is 0 Å². The fourth-order valence-corrected chi connectivity index (χ4v) is 1.56. The number of hydrogen-bond donors (Lipinski definition) is 1. The third-order valence-electron chi connectivity index (χ3n) is 2.23. The van der Waals surface area contributed by atoms with Gasteiger partial charge in [-0.1, -0.05) is 20.8 Å². The van der Waals surface area contributed by atoms with Crippen molar-refractivity contribution in [1.29, 1.82) is 0 Å². The molecule has 0 spiro atoms. The molecule has 0 amide bonds. The number of aromatic nitrogens is 1. The first-order valence-corrected chi connectivity index (χ1v) is 4.99. The van der Waals surface area contributed by atoms with Gasteiger partial charge in [0.2, 0.25) is 0 Å². The zero-order valence-corrected chi connectivity index (χ0v) is 8.92. The zero-order chi connectivity index (χ0) is 10.6. The Labute approximate surface area is 84.6 Å². The number of rotatable bonds is 4. The Balaban J connectivity index is 2.93. The Morgan fingerprint density at radius 2 is 2.21 bits per heavy atom. The van der Waals surface area contributed by atoms with Crippen molar-refractivity contribution in [3.63, 3.8) is 0 Å². The van der Waals surface area contributed by atoms with Gasteiger partial charge in [-0.25, -0.2) is 4.39 Å². The van der Waals surface area contributed by atoms with Crippen molar-refractivity contribution in [3.8, 4) is 0 Å². The Hall–Kier alpha value is -0.960. The SMILES string of the molecule is CCNC(c1ccncc1F)C(C)C. The van der Waals surface area contributed by atoms with Gasteiger partial charge in [0.05, 0.1) is 6.20 Å². The summed E-state index contributed by atoms with van der Waals surface area (Å²) in [6.07, 6.45) is 2.90. The van der Waals surface area contributed by atoms with Crippen molar-refractivity contribution in [1.82, 2.24) is 10.3 Å². The molecule has 0 aliphatic carbocycles. The summed E-state index contributed by atoms with van der Waals surface area (Å²) in [4.78, 5) is 3.74. The van der Waals surface area contributed by atoms with E-state index in [0.29, 0.717) is 11.5 Å². The molecular formula is C11H17FN2. The quantitative estimate of drug-likeness (QED) is 0.800. The molecule has 0 saturated heterocycles. The van der Waals surface area contributed by atoms with Gasteiger partial charge in [0, 0.05) is 17.8 Å². The molecule has 0 fully saturated rings. The van der Waals surface area contributed by atoms with E-state index in [2.05, 4.69) is 24.1 Å². The number of nitrogens with zero attached hydrogens (tertiary/aromatic N) is 1. The molecule has 0 aromatic carbocycles. The van der Waals surface area contributed by atoms with Crippen molar-refractivity contribution in [2.75, 3.05) is 6.54 Å². The van der Waals surface area contributed by atoms with Crippen LogP contribution in [0, 0.1) is 11.7 Å². The first-order chi connectivity index (χ1) is 6.66. The summed E-state index contributed by atoms with van der Waals surface area (Å²) in [6, 6.07) is 1.81. The molecule has 1 unspecified atom stereocenters. The highest BCUT2D eigenvalue weighted by Crippen LogP contribution is 2.22. The molecule has 0 saturated carbocycles. The number of pyridine rings is 1. The van der Waals surface area contributed by atoms with Crippen LogP contribution in [0.4, 0.5) is 4.39 Å². The monoisotopic (exact) mass is 196 g/mol. The largest absolute Gasteiger partial charge is 0.310 e. The van der Waals surface area contributed by atoms with Crippen LogP contribution in [0.15, 0.2) is 18.5 Å². The average Bonchev–Trinajstić information content (AvgIpc) is 2.15. The van der Waals surface area contributed by atoms with Crippen molar-refractivity contribution in [2.24, 2.45) is 5.92 Å². The lowest BCUT2D eigenvalue weighted by atomic mass is 9.96. The van der Waals surface area contributed by atoms with Gasteiger partial charge in [0.1, 0.15) is 5.82 Å². The summed E-state index contributed by atoms with van der Waals surface area (Å²) in [7, 11) is 0. The fourth-order valence-electron chi connectivity index (χ4n) is 1.56. The summed E-state index contributed by atoms with van der Waals surface area (Å²) in [5, 5.41) is 3.27. The minimum atomic E-state index is -0.229. The number of nitrogens with one attached hydrogen (secondary N) is 1. The van der Waals surface area contributed by atoms with E-state index in [-0.39, 0.29) is 11.9 Å². The Kier molecular flexibility index (Phi) is 4.01. The van der Waals surface area contributed by atoms with E-state index >= 15 is 0 Å². The van der Waals surface area contributed by atoms with Crippen LogP contribution >= 0.6 is 0 Å². The molecule has 14 heavy (non-hydrogen) atoms. The van der Waals surface area contributed by atoms with E-state index in [1.807, 2.05) is 6.92 Å². The van der Waals surface area contributed by atoms with Gasteiger partial charge in [-0.3, -0.25) is 4.98 Å². The average molecular weight is 196 g/mol. The minimum Gasteiger partial charge on any atom is -0.310 e. The predicted molar refractivity (Wildman–Crippen MR) is 55.5 cm³/mol. The maximum atomic E-state index is 13.4. The summed E-state index contributed by atoms with van der Waals surface area (Å²) in [5.74, 6) is 0.138. The Morgan fingerprint density at radius 1 is 1.50 bits per heavy atom. The van der Waals surface area contributed by atoms with Crippen LogP contribution in [0.3, 0.4) is 0 Å². The number of hydrogen-bond acceptors (Lipinski definition) is 2. The standard InChI is InChI=1S/C11H17FN2/c1-4-14-11(8(2)3)9-5-6-13-7-10(9)12/h5-8,11,14H,4H2,1-3H3. The van der Waals surface area contributed by atoms with Crippen molar-refractivity contribution < 1.29 is 4.39 Å². The molecule has 78 valence electrons. The molecule has 1 aromatic heterocycles. The van der Waals surface area contributed by atoms with E-state index < -0.39 is 0 Å². The summed E-state index contributed by atoms with van der Waals surface area (Å²) in [6.45, 7) is 7.01. The minimum absolute atomic E-state index is 0.0722. The van der Waals surface area contributed by atoms with E-state index in [1.54, 1.807) is 12.3 Å². The van der Waals surface area contributed by atoms with Gasteiger partial charge in [0.25, 0.3) is 0 Å². The molecule has 1 atom stereocenters. The Morgan fingerprint density at radius 3 is 2.71 bits per heavy atom. The maximum absolute atomic E-state index is 13.4. The topological polar surface area (TPSA) is 24.9 Å². The normalized spacial score (nSPS) is 13.2. The molecule has 0 aliphatic heterocycles. The molecule has 0 radical (unpaired) electrons. The van der Waals surface area contributed by atoms with E-state index in [1.165, 1.54) is 6.20 Å². The summed E-state index contributed by atoms with van der Waals surface area (Å²) < 4.78 is 13.4.